The zero-order chi connectivity index (χ0) is 20.3. The minimum Gasteiger partial charge on any atom is -0.378 e. The summed E-state index contributed by atoms with van der Waals surface area (Å²) in [6, 6.07) is 9.19. The second-order valence-corrected chi connectivity index (χ2v) is 6.04. The third-order valence-corrected chi connectivity index (χ3v) is 3.84. The van der Waals surface area contributed by atoms with E-state index in [9.17, 15) is 18.0 Å². The lowest BCUT2D eigenvalue weighted by atomic mass is 10.2. The Bertz CT molecular complexity index is 992. The van der Waals surface area contributed by atoms with Gasteiger partial charge in [0, 0.05) is 37.9 Å². The highest BCUT2D eigenvalue weighted by Gasteiger charge is 2.16. The summed E-state index contributed by atoms with van der Waals surface area (Å²) < 4.78 is 39.8. The summed E-state index contributed by atoms with van der Waals surface area (Å²) in [4.78, 5) is 22.2. The second-order valence-electron chi connectivity index (χ2n) is 6.04. The van der Waals surface area contributed by atoms with Gasteiger partial charge in [0.25, 0.3) is 5.91 Å². The van der Waals surface area contributed by atoms with Gasteiger partial charge in [0.2, 0.25) is 5.95 Å². The Morgan fingerprint density at radius 1 is 0.929 bits per heavy atom. The van der Waals surface area contributed by atoms with Gasteiger partial charge < -0.3 is 15.5 Å². The predicted octanol–water partition coefficient (Wildman–Crippen LogP) is 3.96. The Morgan fingerprint density at radius 3 is 2.18 bits per heavy atom. The molecule has 3 aromatic rings. The fourth-order valence-corrected chi connectivity index (χ4v) is 2.30. The van der Waals surface area contributed by atoms with Crippen LogP contribution in [0.5, 0.6) is 0 Å². The normalized spacial score (nSPS) is 10.5. The van der Waals surface area contributed by atoms with Crippen molar-refractivity contribution in [3.8, 4) is 0 Å². The van der Waals surface area contributed by atoms with Crippen molar-refractivity contribution >= 4 is 28.9 Å². The lowest BCUT2D eigenvalue weighted by molar-refractivity contribution is 0.102. The van der Waals surface area contributed by atoms with Crippen LogP contribution in [0.1, 0.15) is 10.4 Å². The summed E-state index contributed by atoms with van der Waals surface area (Å²) >= 11 is 0. The van der Waals surface area contributed by atoms with Crippen molar-refractivity contribution in [2.75, 3.05) is 29.6 Å². The number of hydrogen-bond donors (Lipinski definition) is 2. The molecule has 0 saturated carbocycles. The molecule has 1 amide bonds. The van der Waals surface area contributed by atoms with Crippen LogP contribution in [0.15, 0.2) is 48.8 Å². The topological polar surface area (TPSA) is 70.2 Å². The van der Waals surface area contributed by atoms with Crippen molar-refractivity contribution in [3.63, 3.8) is 0 Å². The van der Waals surface area contributed by atoms with Crippen LogP contribution in [0.4, 0.5) is 36.2 Å². The molecule has 144 valence electrons. The van der Waals surface area contributed by atoms with Crippen molar-refractivity contribution in [3.05, 3.63) is 71.8 Å². The van der Waals surface area contributed by atoms with Crippen molar-refractivity contribution in [2.45, 2.75) is 0 Å². The van der Waals surface area contributed by atoms with Crippen LogP contribution in [-0.2, 0) is 0 Å². The molecule has 0 bridgehead atoms. The lowest BCUT2D eigenvalue weighted by Crippen LogP contribution is -2.15. The highest BCUT2D eigenvalue weighted by atomic mass is 19.2. The zero-order valence-corrected chi connectivity index (χ0v) is 15.0. The Hall–Kier alpha value is -3.62. The van der Waals surface area contributed by atoms with Gasteiger partial charge in [-0.15, -0.1) is 0 Å². The van der Waals surface area contributed by atoms with Gasteiger partial charge in [0.1, 0.15) is 0 Å². The number of carbonyl (C=O) groups is 1. The predicted molar refractivity (Wildman–Crippen MR) is 100 cm³/mol. The first-order valence-corrected chi connectivity index (χ1v) is 8.16. The Labute approximate surface area is 159 Å². The van der Waals surface area contributed by atoms with E-state index < -0.39 is 29.0 Å². The van der Waals surface area contributed by atoms with Gasteiger partial charge >= 0.3 is 0 Å². The van der Waals surface area contributed by atoms with E-state index in [0.717, 1.165) is 23.5 Å². The number of rotatable bonds is 5. The van der Waals surface area contributed by atoms with Crippen LogP contribution in [0.2, 0.25) is 0 Å². The van der Waals surface area contributed by atoms with Gasteiger partial charge in [-0.2, -0.15) is 0 Å². The van der Waals surface area contributed by atoms with Crippen LogP contribution < -0.4 is 15.5 Å². The number of aromatic nitrogens is 2. The van der Waals surface area contributed by atoms with Crippen molar-refractivity contribution in [2.24, 2.45) is 0 Å². The summed E-state index contributed by atoms with van der Waals surface area (Å²) in [5.74, 6) is -4.98. The summed E-state index contributed by atoms with van der Waals surface area (Å²) in [6.45, 7) is 0. The number of nitrogens with one attached hydrogen (secondary N) is 2. The minimum atomic E-state index is -1.66. The molecule has 0 aliphatic heterocycles. The van der Waals surface area contributed by atoms with Crippen molar-refractivity contribution in [1.82, 2.24) is 9.97 Å². The van der Waals surface area contributed by atoms with Crippen molar-refractivity contribution in [1.29, 1.82) is 0 Å². The summed E-state index contributed by atoms with van der Waals surface area (Å²) in [6.07, 6.45) is 2.47. The largest absolute Gasteiger partial charge is 0.378 e. The lowest BCUT2D eigenvalue weighted by Gasteiger charge is -2.13. The van der Waals surface area contributed by atoms with Crippen LogP contribution in [0.3, 0.4) is 0 Å². The molecule has 6 nitrogen and oxygen atoms in total. The third-order valence-electron chi connectivity index (χ3n) is 3.84. The van der Waals surface area contributed by atoms with E-state index in [1.54, 1.807) is 0 Å². The molecule has 0 atom stereocenters. The number of carbonyl (C=O) groups excluding carboxylic acids is 1. The molecule has 9 heteroatoms. The van der Waals surface area contributed by atoms with Crippen LogP contribution >= 0.6 is 0 Å². The van der Waals surface area contributed by atoms with Gasteiger partial charge in [-0.25, -0.2) is 23.1 Å². The molecule has 2 N–H and O–H groups in total. The second kappa shape index (κ2) is 7.95. The smallest absolute Gasteiger partial charge is 0.258 e. The van der Waals surface area contributed by atoms with Gasteiger partial charge in [-0.05, 0) is 36.4 Å². The highest BCUT2D eigenvalue weighted by Crippen LogP contribution is 2.21. The molecule has 2 aromatic carbocycles. The Morgan fingerprint density at radius 2 is 1.57 bits per heavy atom. The molecule has 28 heavy (non-hydrogen) atoms. The van der Waals surface area contributed by atoms with Crippen molar-refractivity contribution < 1.29 is 18.0 Å². The molecule has 3 rings (SSSR count). The zero-order valence-electron chi connectivity index (χ0n) is 15.0. The van der Waals surface area contributed by atoms with E-state index in [1.165, 1.54) is 12.4 Å². The molecule has 0 saturated heterocycles. The number of nitrogens with zero attached hydrogens (tertiary/aromatic N) is 3. The fraction of sp³-hybridized carbons (Fsp3) is 0.105. The van der Waals surface area contributed by atoms with E-state index in [4.69, 9.17) is 0 Å². The average molecular weight is 387 g/mol. The molecule has 0 unspecified atom stereocenters. The molecule has 1 heterocycles. The van der Waals surface area contributed by atoms with Crippen LogP contribution in [0, 0.1) is 17.5 Å². The van der Waals surface area contributed by atoms with E-state index in [2.05, 4.69) is 20.6 Å². The molecular formula is C19H16F3N5O. The Balaban J connectivity index is 1.68. The van der Waals surface area contributed by atoms with E-state index >= 15 is 0 Å². The van der Waals surface area contributed by atoms with Gasteiger partial charge in [-0.1, -0.05) is 0 Å². The minimum absolute atomic E-state index is 0.0256. The number of amides is 1. The van der Waals surface area contributed by atoms with Gasteiger partial charge in [-0.3, -0.25) is 4.79 Å². The monoisotopic (exact) mass is 387 g/mol. The molecule has 0 fully saturated rings. The molecular weight excluding hydrogens is 371 g/mol. The summed E-state index contributed by atoms with van der Waals surface area (Å²) in [7, 11) is 3.86. The van der Waals surface area contributed by atoms with Gasteiger partial charge in [0.15, 0.2) is 17.5 Å². The number of halogens is 3. The number of anilines is 4. The molecule has 1 aromatic heterocycles. The fourth-order valence-electron chi connectivity index (χ4n) is 2.30. The van der Waals surface area contributed by atoms with Crippen LogP contribution in [-0.4, -0.2) is 30.0 Å². The molecule has 0 aliphatic rings. The maximum Gasteiger partial charge on any atom is 0.258 e. The summed E-state index contributed by atoms with van der Waals surface area (Å²) in [5.41, 5.74) is 1.33. The highest BCUT2D eigenvalue weighted by molar-refractivity contribution is 6.04. The van der Waals surface area contributed by atoms with E-state index in [1.807, 2.05) is 43.3 Å². The number of benzene rings is 2. The molecule has 0 aliphatic carbocycles. The standard InChI is InChI=1S/C19H16F3N5O/c1-27(2)13-5-3-12(4-6-13)25-19-23-9-11(10-24-19)18(28)26-15-8-7-14(20)16(21)17(15)22/h3-10H,1-2H3,(H,26,28)(H,23,24,25). The van der Waals surface area contributed by atoms with E-state index in [-0.39, 0.29) is 11.5 Å². The molecule has 0 radical (unpaired) electrons. The maximum absolute atomic E-state index is 13.6. The quantitative estimate of drug-likeness (QED) is 0.649. The first-order chi connectivity index (χ1) is 13.3. The van der Waals surface area contributed by atoms with Gasteiger partial charge in [0.05, 0.1) is 11.3 Å². The van der Waals surface area contributed by atoms with Crippen LogP contribution in [0.25, 0.3) is 0 Å². The number of hydrogen-bond acceptors (Lipinski definition) is 5. The maximum atomic E-state index is 13.6. The Kier molecular flexibility index (Phi) is 5.44. The first-order valence-electron chi connectivity index (χ1n) is 8.16. The SMILES string of the molecule is CN(C)c1ccc(Nc2ncc(C(=O)Nc3ccc(F)c(F)c3F)cn2)cc1. The van der Waals surface area contributed by atoms with E-state index in [0.29, 0.717) is 0 Å². The summed E-state index contributed by atoms with van der Waals surface area (Å²) in [5, 5.41) is 5.14. The first kappa shape index (κ1) is 19.2. The average Bonchev–Trinajstić information content (AvgIpc) is 2.69. The third kappa shape index (κ3) is 4.20. The molecule has 0 spiro atoms.